The van der Waals surface area contributed by atoms with Crippen LogP contribution in [0.5, 0.6) is 0 Å². The van der Waals surface area contributed by atoms with Gasteiger partial charge in [-0.2, -0.15) is 0 Å². The van der Waals surface area contributed by atoms with E-state index in [1.165, 1.54) is 4.90 Å². The summed E-state index contributed by atoms with van der Waals surface area (Å²) in [6.45, 7) is 2.95. The summed E-state index contributed by atoms with van der Waals surface area (Å²) in [6, 6.07) is 9.86. The highest BCUT2D eigenvalue weighted by Gasteiger charge is 2.17. The number of carbonyl (C=O) groups excluding carboxylic acids is 1. The van der Waals surface area contributed by atoms with Crippen LogP contribution in [0.1, 0.15) is 34.7 Å². The molecule has 6 nitrogen and oxygen atoms in total. The fraction of sp³-hybridized carbons (Fsp3) is 0.474. The minimum absolute atomic E-state index is 0.209. The molecule has 1 N–H and O–H groups in total. The number of hydrogen-bond acceptors (Lipinski definition) is 6. The highest BCUT2D eigenvalue weighted by Crippen LogP contribution is 2.16. The first-order valence-electron chi connectivity index (χ1n) is 8.77. The van der Waals surface area contributed by atoms with Crippen molar-refractivity contribution in [1.82, 2.24) is 10.5 Å². The molecule has 1 aromatic heterocycles. The predicted octanol–water partition coefficient (Wildman–Crippen LogP) is 3.27. The van der Waals surface area contributed by atoms with Gasteiger partial charge in [-0.25, -0.2) is 0 Å². The first-order chi connectivity index (χ1) is 12.7. The molecule has 0 radical (unpaired) electrons. The molecule has 140 valence electrons. The van der Waals surface area contributed by atoms with Crippen LogP contribution in [0.3, 0.4) is 0 Å². The van der Waals surface area contributed by atoms with Gasteiger partial charge in [0.15, 0.2) is 11.5 Å². The van der Waals surface area contributed by atoms with Crippen LogP contribution in [0.25, 0.3) is 0 Å². The molecule has 0 aliphatic carbocycles. The molecule has 0 unspecified atom stereocenters. The second kappa shape index (κ2) is 9.75. The van der Waals surface area contributed by atoms with Crippen molar-refractivity contribution in [3.63, 3.8) is 0 Å². The number of carbonyl (C=O) groups is 1. The zero-order valence-electron chi connectivity index (χ0n) is 14.9. The van der Waals surface area contributed by atoms with Gasteiger partial charge in [0, 0.05) is 30.7 Å². The van der Waals surface area contributed by atoms with Crippen LogP contribution >= 0.6 is 11.8 Å². The molecule has 0 saturated carbocycles. The maximum absolute atomic E-state index is 12.1. The van der Waals surface area contributed by atoms with Crippen LogP contribution in [0.15, 0.2) is 39.8 Å². The van der Waals surface area contributed by atoms with E-state index in [4.69, 9.17) is 14.0 Å². The van der Waals surface area contributed by atoms with Gasteiger partial charge >= 0.3 is 0 Å². The molecular weight excluding hydrogens is 352 g/mol. The smallest absolute Gasteiger partial charge is 0.273 e. The summed E-state index contributed by atoms with van der Waals surface area (Å²) >= 11 is 1.71. The Morgan fingerprint density at radius 2 is 2.04 bits per heavy atom. The lowest BCUT2D eigenvalue weighted by atomic mass is 10.0. The highest BCUT2D eigenvalue weighted by atomic mass is 32.2. The van der Waals surface area contributed by atoms with Gasteiger partial charge in [0.2, 0.25) is 0 Å². The molecule has 1 saturated heterocycles. The number of benzene rings is 1. The van der Waals surface area contributed by atoms with Crippen molar-refractivity contribution in [2.24, 2.45) is 5.92 Å². The van der Waals surface area contributed by atoms with E-state index in [1.807, 2.05) is 18.4 Å². The lowest BCUT2D eigenvalue weighted by Gasteiger charge is -2.21. The van der Waals surface area contributed by atoms with Crippen molar-refractivity contribution in [1.29, 1.82) is 0 Å². The Labute approximate surface area is 157 Å². The first-order valence-corrected chi connectivity index (χ1v) is 9.99. The van der Waals surface area contributed by atoms with Crippen molar-refractivity contribution in [3.8, 4) is 0 Å². The molecule has 2 aromatic rings. The van der Waals surface area contributed by atoms with Gasteiger partial charge in [-0.15, -0.1) is 11.8 Å². The van der Waals surface area contributed by atoms with E-state index in [0.29, 0.717) is 30.5 Å². The van der Waals surface area contributed by atoms with Gasteiger partial charge < -0.3 is 19.3 Å². The Kier molecular flexibility index (Phi) is 7.11. The van der Waals surface area contributed by atoms with E-state index in [9.17, 15) is 4.79 Å². The number of rotatable bonds is 8. The number of aromatic nitrogens is 1. The highest BCUT2D eigenvalue weighted by molar-refractivity contribution is 7.98. The molecule has 0 atom stereocenters. The molecule has 1 aliphatic rings. The monoisotopic (exact) mass is 376 g/mol. The lowest BCUT2D eigenvalue weighted by Crippen LogP contribution is -2.32. The fourth-order valence-electron chi connectivity index (χ4n) is 2.76. The van der Waals surface area contributed by atoms with E-state index in [-0.39, 0.29) is 12.5 Å². The average Bonchev–Trinajstić information content (AvgIpc) is 3.16. The zero-order valence-corrected chi connectivity index (χ0v) is 15.7. The molecule has 26 heavy (non-hydrogen) atoms. The first kappa shape index (κ1) is 18.9. The third kappa shape index (κ3) is 5.59. The number of hydrogen-bond donors (Lipinski definition) is 1. The summed E-state index contributed by atoms with van der Waals surface area (Å²) in [5, 5.41) is 6.75. The Hall–Kier alpha value is -1.83. The summed E-state index contributed by atoms with van der Waals surface area (Å²) < 4.78 is 16.2. The van der Waals surface area contributed by atoms with Crippen LogP contribution in [0.4, 0.5) is 0 Å². The predicted molar refractivity (Wildman–Crippen MR) is 99.1 cm³/mol. The number of amides is 1. The van der Waals surface area contributed by atoms with Gasteiger partial charge in [-0.1, -0.05) is 17.3 Å². The Bertz CT molecular complexity index is 696. The van der Waals surface area contributed by atoms with Gasteiger partial charge in [-0.05, 0) is 42.7 Å². The third-order valence-corrected chi connectivity index (χ3v) is 5.10. The van der Waals surface area contributed by atoms with E-state index in [1.54, 1.807) is 17.8 Å². The summed E-state index contributed by atoms with van der Waals surface area (Å²) in [5.41, 5.74) is 1.39. The van der Waals surface area contributed by atoms with Crippen molar-refractivity contribution in [2.45, 2.75) is 31.0 Å². The quantitative estimate of drug-likeness (QED) is 0.713. The van der Waals surface area contributed by atoms with Crippen molar-refractivity contribution in [2.75, 3.05) is 26.0 Å². The van der Waals surface area contributed by atoms with Crippen LogP contribution in [-0.4, -0.2) is 37.1 Å². The molecule has 0 spiro atoms. The standard InChI is InChI=1S/C19H24N2O4S/c1-26-17-4-2-15(3-5-17)12-24-13-16-10-18(21-25-16)19(22)20-11-14-6-8-23-9-7-14/h2-5,10,14H,6-9,11-13H2,1H3,(H,20,22). The van der Waals surface area contributed by atoms with Gasteiger partial charge in [0.05, 0.1) is 6.61 Å². The Morgan fingerprint density at radius 3 is 2.77 bits per heavy atom. The van der Waals surface area contributed by atoms with E-state index in [2.05, 4.69) is 22.6 Å². The molecule has 0 bridgehead atoms. The minimum atomic E-state index is -0.209. The van der Waals surface area contributed by atoms with Crippen LogP contribution in [0.2, 0.25) is 0 Å². The number of ether oxygens (including phenoxy) is 2. The topological polar surface area (TPSA) is 73.6 Å². The van der Waals surface area contributed by atoms with Gasteiger partial charge in [0.25, 0.3) is 5.91 Å². The minimum Gasteiger partial charge on any atom is -0.381 e. The summed E-state index contributed by atoms with van der Waals surface area (Å²) in [7, 11) is 0. The SMILES string of the molecule is CSc1ccc(COCc2cc(C(=O)NCC3CCOCC3)no2)cc1. The Morgan fingerprint density at radius 1 is 1.27 bits per heavy atom. The van der Waals surface area contributed by atoms with Gasteiger partial charge in [0.1, 0.15) is 6.61 Å². The zero-order chi connectivity index (χ0) is 18.2. The second-order valence-electron chi connectivity index (χ2n) is 6.29. The molecule has 1 amide bonds. The molecule has 1 aromatic carbocycles. The second-order valence-corrected chi connectivity index (χ2v) is 7.16. The van der Waals surface area contributed by atoms with E-state index < -0.39 is 0 Å². The third-order valence-electron chi connectivity index (χ3n) is 4.36. The van der Waals surface area contributed by atoms with E-state index in [0.717, 1.165) is 31.6 Å². The molecular formula is C19H24N2O4S. The van der Waals surface area contributed by atoms with E-state index >= 15 is 0 Å². The molecule has 1 aliphatic heterocycles. The summed E-state index contributed by atoms with van der Waals surface area (Å²) in [6.07, 6.45) is 4.01. The van der Waals surface area contributed by atoms with Crippen molar-refractivity contribution in [3.05, 3.63) is 47.3 Å². The molecule has 3 rings (SSSR count). The maximum Gasteiger partial charge on any atom is 0.273 e. The normalized spacial score (nSPS) is 15.1. The molecule has 1 fully saturated rings. The molecule has 7 heteroatoms. The van der Waals surface area contributed by atoms with Crippen LogP contribution in [0, 0.1) is 5.92 Å². The van der Waals surface area contributed by atoms with Crippen molar-refractivity contribution >= 4 is 17.7 Å². The largest absolute Gasteiger partial charge is 0.381 e. The van der Waals surface area contributed by atoms with Crippen molar-refractivity contribution < 1.29 is 18.8 Å². The number of thioether (sulfide) groups is 1. The van der Waals surface area contributed by atoms with Crippen LogP contribution in [-0.2, 0) is 22.7 Å². The maximum atomic E-state index is 12.1. The summed E-state index contributed by atoms with van der Waals surface area (Å²) in [4.78, 5) is 13.4. The summed E-state index contributed by atoms with van der Waals surface area (Å²) in [5.74, 6) is 0.806. The lowest BCUT2D eigenvalue weighted by molar-refractivity contribution is 0.0641. The molecule has 2 heterocycles. The number of nitrogens with zero attached hydrogens (tertiary/aromatic N) is 1. The average molecular weight is 376 g/mol. The van der Waals surface area contributed by atoms with Crippen LogP contribution < -0.4 is 5.32 Å². The fourth-order valence-corrected chi connectivity index (χ4v) is 3.17. The van der Waals surface area contributed by atoms with Gasteiger partial charge in [-0.3, -0.25) is 4.79 Å². The Balaban J connectivity index is 1.41. The number of nitrogens with one attached hydrogen (secondary N) is 1.